The molecule has 2 aliphatic heterocycles. The van der Waals surface area contributed by atoms with Crippen molar-refractivity contribution in [2.75, 3.05) is 19.8 Å². The van der Waals surface area contributed by atoms with Gasteiger partial charge in [-0.25, -0.2) is 0 Å². The molecule has 14 heteroatoms. The number of ether oxygens (including phenoxy) is 4. The van der Waals surface area contributed by atoms with Gasteiger partial charge < -0.3 is 65.1 Å². The lowest BCUT2D eigenvalue weighted by atomic mass is 9.97. The minimum absolute atomic E-state index is 0.247. The second kappa shape index (κ2) is 60.8. The maximum atomic E-state index is 13.3. The number of allylic oxidation sites excluding steroid dienone is 5. The molecule has 2 rings (SSSR count). The van der Waals surface area contributed by atoms with Crippen molar-refractivity contribution < 1.29 is 64.6 Å². The van der Waals surface area contributed by atoms with E-state index >= 15 is 0 Å². The Morgan fingerprint density at radius 3 is 1.09 bits per heavy atom. The molecule has 0 aromatic rings. The van der Waals surface area contributed by atoms with E-state index in [1.807, 2.05) is 6.08 Å². The van der Waals surface area contributed by atoms with Crippen LogP contribution in [0.15, 0.2) is 36.5 Å². The first-order chi connectivity index (χ1) is 44.1. The Bertz CT molecular complexity index is 1650. The molecule has 9 N–H and O–H groups in total. The molecular weight excluding hydrogens is 1130 g/mol. The Labute approximate surface area is 551 Å². The summed E-state index contributed by atoms with van der Waals surface area (Å²) >= 11 is 0. The van der Waals surface area contributed by atoms with Crippen LogP contribution in [0.5, 0.6) is 0 Å². The molecule has 0 radical (unpaired) electrons. The van der Waals surface area contributed by atoms with Gasteiger partial charge in [-0.05, 0) is 44.9 Å². The molecule has 14 nitrogen and oxygen atoms in total. The fourth-order valence-electron chi connectivity index (χ4n) is 12.7. The number of nitrogens with one attached hydrogen (secondary N) is 1. The third-order valence-corrected chi connectivity index (χ3v) is 18.8. The zero-order valence-corrected chi connectivity index (χ0v) is 57.9. The number of aliphatic hydroxyl groups is 8. The average Bonchev–Trinajstić information content (AvgIpc) is 2.47. The Balaban J connectivity index is 1.56. The first kappa shape index (κ1) is 84.3. The van der Waals surface area contributed by atoms with Crippen LogP contribution in [-0.2, 0) is 23.7 Å². The van der Waals surface area contributed by atoms with Gasteiger partial charge in [0.05, 0.1) is 32.0 Å². The van der Waals surface area contributed by atoms with Crippen molar-refractivity contribution in [3.8, 4) is 0 Å². The summed E-state index contributed by atoms with van der Waals surface area (Å²) in [6, 6.07) is -0.937. The Kier molecular flexibility index (Phi) is 57.0. The van der Waals surface area contributed by atoms with Gasteiger partial charge in [0.25, 0.3) is 0 Å². The van der Waals surface area contributed by atoms with Crippen LogP contribution in [-0.4, -0.2) is 140 Å². The van der Waals surface area contributed by atoms with Gasteiger partial charge in [0, 0.05) is 6.42 Å². The van der Waals surface area contributed by atoms with Crippen LogP contribution in [0.1, 0.15) is 348 Å². The van der Waals surface area contributed by atoms with Gasteiger partial charge in [0.15, 0.2) is 12.6 Å². The number of amides is 1. The van der Waals surface area contributed by atoms with Crippen LogP contribution in [0.2, 0.25) is 0 Å². The molecule has 12 unspecified atom stereocenters. The Morgan fingerprint density at radius 1 is 0.389 bits per heavy atom. The van der Waals surface area contributed by atoms with Crippen LogP contribution in [0.4, 0.5) is 0 Å². The molecule has 2 heterocycles. The van der Waals surface area contributed by atoms with Crippen molar-refractivity contribution in [1.82, 2.24) is 5.32 Å². The number of hydrogen-bond acceptors (Lipinski definition) is 13. The largest absolute Gasteiger partial charge is 0.394 e. The summed E-state index contributed by atoms with van der Waals surface area (Å²) in [5, 5.41) is 87.4. The molecule has 1 amide bonds. The minimum atomic E-state index is -1.79. The quantitative estimate of drug-likeness (QED) is 0.0204. The molecule has 2 aliphatic rings. The van der Waals surface area contributed by atoms with Crippen molar-refractivity contribution >= 4 is 5.91 Å². The highest BCUT2D eigenvalue weighted by Crippen LogP contribution is 2.30. The number of rotatable bonds is 64. The zero-order chi connectivity index (χ0) is 65.2. The predicted octanol–water partition coefficient (Wildman–Crippen LogP) is 16.5. The summed E-state index contributed by atoms with van der Waals surface area (Å²) in [6.45, 7) is 2.81. The maximum Gasteiger partial charge on any atom is 0.220 e. The van der Waals surface area contributed by atoms with Crippen molar-refractivity contribution in [1.29, 1.82) is 0 Å². The van der Waals surface area contributed by atoms with Crippen LogP contribution < -0.4 is 5.32 Å². The maximum absolute atomic E-state index is 13.3. The standard InChI is InChI=1S/C76H143NO13/c1-3-5-7-9-11-13-15-17-19-21-22-23-24-25-26-27-28-29-30-31-32-33-34-35-36-37-38-39-40-41-42-44-46-48-50-52-54-56-58-60-68(81)77-64(65(80)59-57-55-53-51-49-47-45-43-20-18-16-14-12-10-8-6-4-2)63-87-75-73(86)71(84)74(67(62-79)89-75)90-76-72(85)70(83)69(82)66(61-78)88-76/h20,43,49,51,57,59,64-67,69-76,78-80,82-86H,3-19,21-42,44-48,50,52-56,58,60-63H2,1-2H3,(H,77,81)/b43-20+,51-49+,59-57+. The number of carbonyl (C=O) groups is 1. The van der Waals surface area contributed by atoms with Gasteiger partial charge in [0.1, 0.15) is 48.8 Å². The number of carbonyl (C=O) groups excluding carboxylic acids is 1. The van der Waals surface area contributed by atoms with Crippen molar-refractivity contribution in [3.63, 3.8) is 0 Å². The van der Waals surface area contributed by atoms with E-state index in [1.54, 1.807) is 6.08 Å². The molecule has 0 aliphatic carbocycles. The highest BCUT2D eigenvalue weighted by atomic mass is 16.7. The molecule has 530 valence electrons. The summed E-state index contributed by atoms with van der Waals surface area (Å²) in [5.41, 5.74) is 0. The Morgan fingerprint density at radius 2 is 0.711 bits per heavy atom. The minimum Gasteiger partial charge on any atom is -0.394 e. The molecule has 90 heavy (non-hydrogen) atoms. The van der Waals surface area contributed by atoms with Gasteiger partial charge in [-0.1, -0.05) is 333 Å². The van der Waals surface area contributed by atoms with E-state index in [0.717, 1.165) is 44.9 Å². The van der Waals surface area contributed by atoms with E-state index in [-0.39, 0.29) is 18.9 Å². The predicted molar refractivity (Wildman–Crippen MR) is 369 cm³/mol. The van der Waals surface area contributed by atoms with Crippen molar-refractivity contribution in [3.05, 3.63) is 36.5 Å². The normalized spacial score (nSPS) is 23.0. The number of hydrogen-bond donors (Lipinski definition) is 9. The summed E-state index contributed by atoms with van der Waals surface area (Å²) in [6.07, 6.45) is 62.5. The van der Waals surface area contributed by atoms with Crippen LogP contribution in [0.3, 0.4) is 0 Å². The second-order valence-electron chi connectivity index (χ2n) is 27.1. The van der Waals surface area contributed by atoms with E-state index in [2.05, 4.69) is 43.5 Å². The average molecular weight is 1280 g/mol. The second-order valence-corrected chi connectivity index (χ2v) is 27.1. The lowest BCUT2D eigenvalue weighted by Crippen LogP contribution is -2.65. The SMILES string of the molecule is CCCCCCCCC/C=C/CC/C=C/CC/C=C/C(O)C(COC1OC(CO)C(OC2OC(CO)C(O)C(O)C2O)C(O)C1O)NC(=O)CCCCCCCCCCCCCCCCCCCCCCCCCCCCCCCCCCCCCCCCC. The summed E-state index contributed by atoms with van der Waals surface area (Å²) in [7, 11) is 0. The summed E-state index contributed by atoms with van der Waals surface area (Å²) < 4.78 is 22.8. The highest BCUT2D eigenvalue weighted by Gasteiger charge is 2.51. The fraction of sp³-hybridized carbons (Fsp3) is 0.908. The molecular formula is C76H143NO13. The number of aliphatic hydroxyl groups excluding tert-OH is 8. The van der Waals surface area contributed by atoms with Crippen molar-refractivity contribution in [2.24, 2.45) is 0 Å². The molecule has 2 saturated heterocycles. The molecule has 0 bridgehead atoms. The first-order valence-corrected chi connectivity index (χ1v) is 38.2. The summed E-state index contributed by atoms with van der Waals surface area (Å²) in [4.78, 5) is 13.3. The van der Waals surface area contributed by atoms with Crippen LogP contribution >= 0.6 is 0 Å². The molecule has 0 aromatic carbocycles. The topological polar surface area (TPSA) is 228 Å². The van der Waals surface area contributed by atoms with Gasteiger partial charge >= 0.3 is 0 Å². The van der Waals surface area contributed by atoms with Gasteiger partial charge in [-0.3, -0.25) is 4.79 Å². The number of unbranched alkanes of at least 4 members (excludes halogenated alkanes) is 47. The lowest BCUT2D eigenvalue weighted by Gasteiger charge is -2.46. The van der Waals surface area contributed by atoms with E-state index in [1.165, 1.54) is 270 Å². The highest BCUT2D eigenvalue weighted by molar-refractivity contribution is 5.76. The first-order valence-electron chi connectivity index (χ1n) is 38.2. The molecule has 0 aromatic heterocycles. The molecule has 2 fully saturated rings. The van der Waals surface area contributed by atoms with Gasteiger partial charge in [0.2, 0.25) is 5.91 Å². The van der Waals surface area contributed by atoms with E-state index in [0.29, 0.717) is 12.8 Å². The molecule has 0 saturated carbocycles. The van der Waals surface area contributed by atoms with E-state index in [4.69, 9.17) is 18.9 Å². The third-order valence-electron chi connectivity index (χ3n) is 18.8. The van der Waals surface area contributed by atoms with Gasteiger partial charge in [-0.15, -0.1) is 0 Å². The smallest absolute Gasteiger partial charge is 0.220 e. The molecule has 0 spiro atoms. The summed E-state index contributed by atoms with van der Waals surface area (Å²) in [5.74, 6) is -0.247. The van der Waals surface area contributed by atoms with E-state index in [9.17, 15) is 45.6 Å². The Hall–Kier alpha value is -1.79. The zero-order valence-electron chi connectivity index (χ0n) is 57.9. The monoisotopic (exact) mass is 1280 g/mol. The van der Waals surface area contributed by atoms with Gasteiger partial charge in [-0.2, -0.15) is 0 Å². The van der Waals surface area contributed by atoms with E-state index < -0.39 is 86.8 Å². The third kappa shape index (κ3) is 44.0. The molecule has 12 atom stereocenters. The van der Waals surface area contributed by atoms with Crippen LogP contribution in [0.25, 0.3) is 0 Å². The lowest BCUT2D eigenvalue weighted by molar-refractivity contribution is -0.359. The van der Waals surface area contributed by atoms with Crippen molar-refractivity contribution in [2.45, 2.75) is 421 Å². The van der Waals surface area contributed by atoms with Crippen LogP contribution in [0, 0.1) is 0 Å². The fourth-order valence-corrected chi connectivity index (χ4v) is 12.7.